The number of allylic oxidation sites excluding steroid dienone is 2. The third kappa shape index (κ3) is 1.81. The van der Waals surface area contributed by atoms with Gasteiger partial charge < -0.3 is 9.47 Å². The second-order valence-electron chi connectivity index (χ2n) is 5.98. The van der Waals surface area contributed by atoms with E-state index < -0.39 is 0 Å². The average molecular weight is 248 g/mol. The highest BCUT2D eigenvalue weighted by atomic mass is 16.6. The molecule has 2 fully saturated rings. The Morgan fingerprint density at radius 3 is 3.06 bits per heavy atom. The number of ether oxygens (including phenoxy) is 2. The molecule has 0 aromatic carbocycles. The second kappa shape index (κ2) is 3.95. The molecule has 0 N–H and O–H groups in total. The average Bonchev–Trinajstić information content (AvgIpc) is 2.90. The Bertz CT molecular complexity index is 437. The van der Waals surface area contributed by atoms with E-state index in [9.17, 15) is 4.79 Å². The van der Waals surface area contributed by atoms with E-state index in [1.807, 2.05) is 0 Å². The molecule has 2 aliphatic heterocycles. The molecule has 3 nitrogen and oxygen atoms in total. The van der Waals surface area contributed by atoms with Crippen LogP contribution in [-0.2, 0) is 14.3 Å². The van der Waals surface area contributed by atoms with Crippen LogP contribution in [0.3, 0.4) is 0 Å². The number of fused-ring (bicyclic) bond motifs is 3. The predicted molar refractivity (Wildman–Crippen MR) is 68.0 cm³/mol. The summed E-state index contributed by atoms with van der Waals surface area (Å²) in [6.07, 6.45) is 6.25. The molecule has 0 amide bonds. The smallest absolute Gasteiger partial charge is 0.334 e. The van der Waals surface area contributed by atoms with Gasteiger partial charge in [0.1, 0.15) is 12.2 Å². The fraction of sp³-hybridized carbons (Fsp3) is 0.667. The van der Waals surface area contributed by atoms with Crippen LogP contribution in [0.4, 0.5) is 0 Å². The van der Waals surface area contributed by atoms with Crippen molar-refractivity contribution in [2.75, 3.05) is 0 Å². The third-order valence-corrected chi connectivity index (χ3v) is 4.57. The monoisotopic (exact) mass is 248 g/mol. The lowest BCUT2D eigenvalue weighted by molar-refractivity contribution is -0.140. The molecular weight excluding hydrogens is 228 g/mol. The predicted octanol–water partition coefficient (Wildman–Crippen LogP) is 2.76. The number of carbonyl (C=O) groups is 1. The Kier molecular flexibility index (Phi) is 2.63. The van der Waals surface area contributed by atoms with Crippen molar-refractivity contribution < 1.29 is 14.3 Å². The molecular formula is C15H20O3. The van der Waals surface area contributed by atoms with E-state index in [0.717, 1.165) is 25.7 Å². The first-order valence-electron chi connectivity index (χ1n) is 6.74. The summed E-state index contributed by atoms with van der Waals surface area (Å²) in [5, 5.41) is 0. The van der Waals surface area contributed by atoms with E-state index in [4.69, 9.17) is 9.47 Å². The molecule has 98 valence electrons. The Morgan fingerprint density at radius 2 is 2.28 bits per heavy atom. The van der Waals surface area contributed by atoms with Crippen LogP contribution in [-0.4, -0.2) is 23.8 Å². The number of carbonyl (C=O) groups excluding carboxylic acids is 1. The molecule has 0 aromatic heterocycles. The first-order valence-corrected chi connectivity index (χ1v) is 6.74. The maximum Gasteiger partial charge on any atom is 0.334 e. The summed E-state index contributed by atoms with van der Waals surface area (Å²) in [5.41, 5.74) is 1.91. The maximum absolute atomic E-state index is 11.7. The fourth-order valence-corrected chi connectivity index (χ4v) is 3.20. The lowest BCUT2D eigenvalue weighted by Gasteiger charge is -2.19. The topological polar surface area (TPSA) is 38.8 Å². The number of rotatable bonds is 0. The zero-order valence-electron chi connectivity index (χ0n) is 11.1. The molecule has 2 heterocycles. The van der Waals surface area contributed by atoms with Crippen molar-refractivity contribution in [3.8, 4) is 0 Å². The van der Waals surface area contributed by atoms with Crippen LogP contribution in [0.25, 0.3) is 0 Å². The van der Waals surface area contributed by atoms with Crippen LogP contribution >= 0.6 is 0 Å². The molecule has 0 bridgehead atoms. The minimum absolute atomic E-state index is 0.0671. The first-order chi connectivity index (χ1) is 8.51. The van der Waals surface area contributed by atoms with Gasteiger partial charge in [-0.15, -0.1) is 0 Å². The lowest BCUT2D eigenvalue weighted by atomic mass is 9.84. The van der Waals surface area contributed by atoms with Gasteiger partial charge in [0, 0.05) is 11.5 Å². The van der Waals surface area contributed by atoms with Crippen molar-refractivity contribution in [2.24, 2.45) is 5.92 Å². The molecule has 4 atom stereocenters. The molecule has 0 spiro atoms. The number of hydrogen-bond donors (Lipinski definition) is 0. The molecule has 0 aromatic rings. The van der Waals surface area contributed by atoms with Gasteiger partial charge in [-0.1, -0.05) is 18.2 Å². The van der Waals surface area contributed by atoms with Gasteiger partial charge in [-0.3, -0.25) is 0 Å². The van der Waals surface area contributed by atoms with Gasteiger partial charge in [-0.25, -0.2) is 4.79 Å². The van der Waals surface area contributed by atoms with Crippen molar-refractivity contribution in [2.45, 2.75) is 57.3 Å². The number of esters is 1. The minimum Gasteiger partial charge on any atom is -0.455 e. The van der Waals surface area contributed by atoms with Crippen LogP contribution in [0, 0.1) is 5.92 Å². The molecule has 1 unspecified atom stereocenters. The fourth-order valence-electron chi connectivity index (χ4n) is 3.20. The largest absolute Gasteiger partial charge is 0.455 e. The standard InChI is InChI=1S/C15H20O3/c1-9-5-4-8-15(3)13(18-15)12-11(7-6-9)10(2)14(16)17-12/h5,11-13H,2,4,6-8H2,1,3H3/t11-,12-,13?,15+/m0/s1. The third-order valence-electron chi connectivity index (χ3n) is 4.57. The molecule has 1 aliphatic carbocycles. The highest BCUT2D eigenvalue weighted by Gasteiger charge is 2.61. The second-order valence-corrected chi connectivity index (χ2v) is 5.98. The molecule has 3 aliphatic rings. The van der Waals surface area contributed by atoms with E-state index in [2.05, 4.69) is 26.5 Å². The zero-order chi connectivity index (χ0) is 12.9. The van der Waals surface area contributed by atoms with Gasteiger partial charge in [0.2, 0.25) is 0 Å². The van der Waals surface area contributed by atoms with Gasteiger partial charge in [0.15, 0.2) is 0 Å². The van der Waals surface area contributed by atoms with Gasteiger partial charge in [0.25, 0.3) is 0 Å². The lowest BCUT2D eigenvalue weighted by Crippen LogP contribution is -2.28. The van der Waals surface area contributed by atoms with E-state index in [1.165, 1.54) is 5.57 Å². The van der Waals surface area contributed by atoms with Crippen molar-refractivity contribution in [3.05, 3.63) is 23.8 Å². The van der Waals surface area contributed by atoms with Gasteiger partial charge in [-0.2, -0.15) is 0 Å². The van der Waals surface area contributed by atoms with Gasteiger partial charge in [-0.05, 0) is 39.5 Å². The maximum atomic E-state index is 11.7. The van der Waals surface area contributed by atoms with Crippen LogP contribution in [0.2, 0.25) is 0 Å². The Morgan fingerprint density at radius 1 is 1.50 bits per heavy atom. The first kappa shape index (κ1) is 12.0. The van der Waals surface area contributed by atoms with Crippen molar-refractivity contribution >= 4 is 5.97 Å². The number of epoxide rings is 1. The Balaban J connectivity index is 1.87. The molecule has 3 heteroatoms. The van der Waals surface area contributed by atoms with Crippen LogP contribution < -0.4 is 0 Å². The van der Waals surface area contributed by atoms with E-state index in [-0.39, 0.29) is 29.7 Å². The summed E-state index contributed by atoms with van der Waals surface area (Å²) in [7, 11) is 0. The SMILES string of the molecule is C=C1C(=O)O[C@@H]2C3O[C@]3(C)CCC=C(C)CC[C@@H]12. The minimum atomic E-state index is -0.233. The van der Waals surface area contributed by atoms with Crippen LogP contribution in [0.15, 0.2) is 23.8 Å². The summed E-state index contributed by atoms with van der Waals surface area (Å²) in [4.78, 5) is 11.7. The summed E-state index contributed by atoms with van der Waals surface area (Å²) in [6.45, 7) is 8.17. The normalized spacial score (nSPS) is 43.7. The summed E-state index contributed by atoms with van der Waals surface area (Å²) in [5.74, 6) is -0.102. The van der Waals surface area contributed by atoms with Crippen LogP contribution in [0.1, 0.15) is 39.5 Å². The Labute approximate surface area is 108 Å². The van der Waals surface area contributed by atoms with Gasteiger partial charge >= 0.3 is 5.97 Å². The zero-order valence-corrected chi connectivity index (χ0v) is 11.1. The Hall–Kier alpha value is -1.09. The van der Waals surface area contributed by atoms with E-state index in [1.54, 1.807) is 0 Å². The summed E-state index contributed by atoms with van der Waals surface area (Å²) in [6, 6.07) is 0. The molecule has 0 saturated carbocycles. The quantitative estimate of drug-likeness (QED) is 0.286. The van der Waals surface area contributed by atoms with E-state index >= 15 is 0 Å². The summed E-state index contributed by atoms with van der Waals surface area (Å²) >= 11 is 0. The van der Waals surface area contributed by atoms with Crippen molar-refractivity contribution in [1.29, 1.82) is 0 Å². The highest BCUT2D eigenvalue weighted by Crippen LogP contribution is 2.49. The van der Waals surface area contributed by atoms with Crippen LogP contribution in [0.5, 0.6) is 0 Å². The van der Waals surface area contributed by atoms with Crippen molar-refractivity contribution in [3.63, 3.8) is 0 Å². The van der Waals surface area contributed by atoms with Gasteiger partial charge in [0.05, 0.1) is 5.60 Å². The molecule has 3 rings (SSSR count). The highest BCUT2D eigenvalue weighted by molar-refractivity contribution is 5.91. The summed E-state index contributed by atoms with van der Waals surface area (Å²) < 4.78 is 11.3. The number of hydrogen-bond acceptors (Lipinski definition) is 3. The van der Waals surface area contributed by atoms with E-state index in [0.29, 0.717) is 5.57 Å². The molecule has 2 saturated heterocycles. The molecule has 0 radical (unpaired) electrons. The van der Waals surface area contributed by atoms with Crippen molar-refractivity contribution in [1.82, 2.24) is 0 Å². The molecule has 18 heavy (non-hydrogen) atoms.